The van der Waals surface area contributed by atoms with Gasteiger partial charge in [0.2, 0.25) is 0 Å². The number of ketones is 1. The molecule has 88 valence electrons. The first kappa shape index (κ1) is 12.8. The van der Waals surface area contributed by atoms with Gasteiger partial charge in [-0.1, -0.05) is 18.5 Å². The van der Waals surface area contributed by atoms with Gasteiger partial charge in [0.15, 0.2) is 5.78 Å². The van der Waals surface area contributed by atoms with Crippen molar-refractivity contribution in [3.63, 3.8) is 0 Å². The third kappa shape index (κ3) is 2.67. The Balaban J connectivity index is 3.17. The first-order chi connectivity index (χ1) is 7.63. The number of ether oxygens (including phenoxy) is 2. The van der Waals surface area contributed by atoms with Gasteiger partial charge in [0.25, 0.3) is 0 Å². The molecular weight excluding hydrogens is 228 g/mol. The Bertz CT molecular complexity index is 388. The lowest BCUT2D eigenvalue weighted by Crippen LogP contribution is -2.02. The van der Waals surface area contributed by atoms with Crippen LogP contribution in [0.15, 0.2) is 12.1 Å². The molecule has 0 N–H and O–H groups in total. The van der Waals surface area contributed by atoms with Crippen molar-refractivity contribution in [1.82, 2.24) is 0 Å². The van der Waals surface area contributed by atoms with Gasteiger partial charge in [0, 0.05) is 12.5 Å². The van der Waals surface area contributed by atoms with Crippen LogP contribution in [0.3, 0.4) is 0 Å². The SMILES string of the molecule is CCCC(=O)c1cc(Cl)c(OC)cc1OC. The molecule has 0 amide bonds. The molecule has 1 rings (SSSR count). The standard InChI is InChI=1S/C12H15ClO3/c1-4-5-10(14)8-6-9(13)12(16-3)7-11(8)15-2/h6-7H,4-5H2,1-3H3. The Morgan fingerprint density at radius 3 is 2.38 bits per heavy atom. The monoisotopic (exact) mass is 242 g/mol. The van der Waals surface area contributed by atoms with Gasteiger partial charge >= 0.3 is 0 Å². The highest BCUT2D eigenvalue weighted by molar-refractivity contribution is 6.32. The second-order valence-corrected chi connectivity index (χ2v) is 3.77. The molecule has 16 heavy (non-hydrogen) atoms. The minimum absolute atomic E-state index is 0.0314. The Hall–Kier alpha value is -1.22. The van der Waals surface area contributed by atoms with Gasteiger partial charge in [-0.3, -0.25) is 4.79 Å². The molecule has 0 aliphatic carbocycles. The zero-order valence-corrected chi connectivity index (χ0v) is 10.4. The van der Waals surface area contributed by atoms with E-state index < -0.39 is 0 Å². The summed E-state index contributed by atoms with van der Waals surface area (Å²) < 4.78 is 10.2. The molecule has 3 nitrogen and oxygen atoms in total. The molecule has 0 saturated carbocycles. The second-order valence-electron chi connectivity index (χ2n) is 3.36. The number of methoxy groups -OCH3 is 2. The van der Waals surface area contributed by atoms with Crippen LogP contribution in [-0.4, -0.2) is 20.0 Å². The summed E-state index contributed by atoms with van der Waals surface area (Å²) in [5.41, 5.74) is 0.509. The van der Waals surface area contributed by atoms with Crippen molar-refractivity contribution in [3.8, 4) is 11.5 Å². The van der Waals surface area contributed by atoms with Crippen molar-refractivity contribution in [1.29, 1.82) is 0 Å². The highest BCUT2D eigenvalue weighted by Gasteiger charge is 2.15. The van der Waals surface area contributed by atoms with E-state index in [9.17, 15) is 4.79 Å². The number of hydrogen-bond acceptors (Lipinski definition) is 3. The van der Waals surface area contributed by atoms with E-state index in [1.807, 2.05) is 6.92 Å². The first-order valence-electron chi connectivity index (χ1n) is 5.08. The summed E-state index contributed by atoms with van der Waals surface area (Å²) in [6.07, 6.45) is 1.28. The van der Waals surface area contributed by atoms with Gasteiger partial charge < -0.3 is 9.47 Å². The molecule has 0 spiro atoms. The molecule has 0 aliphatic heterocycles. The van der Waals surface area contributed by atoms with Crippen LogP contribution < -0.4 is 9.47 Å². The summed E-state index contributed by atoms with van der Waals surface area (Å²) in [5.74, 6) is 1.04. The van der Waals surface area contributed by atoms with Gasteiger partial charge in [-0.25, -0.2) is 0 Å². The molecule has 4 heteroatoms. The lowest BCUT2D eigenvalue weighted by Gasteiger charge is -2.10. The number of rotatable bonds is 5. The van der Waals surface area contributed by atoms with Crippen LogP contribution >= 0.6 is 11.6 Å². The van der Waals surface area contributed by atoms with Crippen LogP contribution in [0.1, 0.15) is 30.1 Å². The summed E-state index contributed by atoms with van der Waals surface area (Å²) >= 11 is 5.97. The van der Waals surface area contributed by atoms with E-state index >= 15 is 0 Å². The maximum absolute atomic E-state index is 11.8. The fourth-order valence-electron chi connectivity index (χ4n) is 1.44. The summed E-state index contributed by atoms with van der Waals surface area (Å²) in [6.45, 7) is 1.95. The fourth-order valence-corrected chi connectivity index (χ4v) is 1.68. The van der Waals surface area contributed by atoms with E-state index in [1.165, 1.54) is 14.2 Å². The molecule has 0 heterocycles. The molecule has 0 bridgehead atoms. The van der Waals surface area contributed by atoms with Crippen LogP contribution in [-0.2, 0) is 0 Å². The average Bonchev–Trinajstić information content (AvgIpc) is 2.29. The molecule has 1 aromatic carbocycles. The zero-order valence-electron chi connectivity index (χ0n) is 9.67. The van der Waals surface area contributed by atoms with Crippen LogP contribution in [0.4, 0.5) is 0 Å². The minimum Gasteiger partial charge on any atom is -0.496 e. The van der Waals surface area contributed by atoms with Crippen molar-refractivity contribution >= 4 is 17.4 Å². The largest absolute Gasteiger partial charge is 0.496 e. The van der Waals surface area contributed by atoms with Crippen LogP contribution in [0.25, 0.3) is 0 Å². The summed E-state index contributed by atoms with van der Waals surface area (Å²) in [6, 6.07) is 3.22. The van der Waals surface area contributed by atoms with Gasteiger partial charge in [-0.2, -0.15) is 0 Å². The maximum Gasteiger partial charge on any atom is 0.166 e. The molecule has 0 aromatic heterocycles. The average molecular weight is 243 g/mol. The molecular formula is C12H15ClO3. The van der Waals surface area contributed by atoms with Gasteiger partial charge in [-0.05, 0) is 12.5 Å². The maximum atomic E-state index is 11.8. The summed E-state index contributed by atoms with van der Waals surface area (Å²) in [5, 5.41) is 0.419. The van der Waals surface area contributed by atoms with Crippen LogP contribution in [0, 0.1) is 0 Å². The highest BCUT2D eigenvalue weighted by Crippen LogP contribution is 2.33. The van der Waals surface area contributed by atoms with Crippen molar-refractivity contribution in [3.05, 3.63) is 22.7 Å². The fraction of sp³-hybridized carbons (Fsp3) is 0.417. The van der Waals surface area contributed by atoms with Gasteiger partial charge in [0.05, 0.1) is 24.8 Å². The van der Waals surface area contributed by atoms with E-state index in [0.29, 0.717) is 28.5 Å². The molecule has 0 atom stereocenters. The second kappa shape index (κ2) is 5.75. The normalized spacial score (nSPS) is 10.0. The van der Waals surface area contributed by atoms with E-state index in [2.05, 4.69) is 0 Å². The number of halogens is 1. The zero-order chi connectivity index (χ0) is 12.1. The van der Waals surface area contributed by atoms with Gasteiger partial charge in [0.1, 0.15) is 11.5 Å². The molecule has 0 saturated heterocycles. The molecule has 0 fully saturated rings. The van der Waals surface area contributed by atoms with Crippen molar-refractivity contribution in [2.75, 3.05) is 14.2 Å². The predicted molar refractivity (Wildman–Crippen MR) is 63.8 cm³/mol. The number of carbonyl (C=O) groups is 1. The van der Waals surface area contributed by atoms with E-state index in [-0.39, 0.29) is 5.78 Å². The van der Waals surface area contributed by atoms with Crippen LogP contribution in [0.5, 0.6) is 11.5 Å². The summed E-state index contributed by atoms with van der Waals surface area (Å²) in [7, 11) is 3.04. The Kier molecular flexibility index (Phi) is 4.62. The van der Waals surface area contributed by atoms with E-state index in [1.54, 1.807) is 12.1 Å². The van der Waals surface area contributed by atoms with Gasteiger partial charge in [-0.15, -0.1) is 0 Å². The third-order valence-electron chi connectivity index (χ3n) is 2.25. The summed E-state index contributed by atoms with van der Waals surface area (Å²) in [4.78, 5) is 11.8. The molecule has 0 aliphatic rings. The highest BCUT2D eigenvalue weighted by atomic mass is 35.5. The predicted octanol–water partition coefficient (Wildman–Crippen LogP) is 3.34. The van der Waals surface area contributed by atoms with Crippen molar-refractivity contribution < 1.29 is 14.3 Å². The molecule has 1 aromatic rings. The number of hydrogen-bond donors (Lipinski definition) is 0. The number of carbonyl (C=O) groups excluding carboxylic acids is 1. The van der Waals surface area contributed by atoms with E-state index in [4.69, 9.17) is 21.1 Å². The van der Waals surface area contributed by atoms with E-state index in [0.717, 1.165) is 6.42 Å². The smallest absolute Gasteiger partial charge is 0.166 e. The first-order valence-corrected chi connectivity index (χ1v) is 5.46. The third-order valence-corrected chi connectivity index (χ3v) is 2.55. The van der Waals surface area contributed by atoms with Crippen molar-refractivity contribution in [2.24, 2.45) is 0 Å². The Morgan fingerprint density at radius 2 is 1.88 bits per heavy atom. The molecule has 0 radical (unpaired) electrons. The lowest BCUT2D eigenvalue weighted by atomic mass is 10.1. The number of benzene rings is 1. The minimum atomic E-state index is 0.0314. The number of Topliss-reactive ketones (excluding diaryl/α,β-unsaturated/α-hetero) is 1. The quantitative estimate of drug-likeness (QED) is 0.743. The van der Waals surface area contributed by atoms with Crippen LogP contribution in [0.2, 0.25) is 5.02 Å². The topological polar surface area (TPSA) is 35.5 Å². The Morgan fingerprint density at radius 1 is 1.25 bits per heavy atom. The van der Waals surface area contributed by atoms with Crippen molar-refractivity contribution in [2.45, 2.75) is 19.8 Å². The molecule has 0 unspecified atom stereocenters. The Labute approximate surface area is 100 Å². The lowest BCUT2D eigenvalue weighted by molar-refractivity contribution is 0.0979.